The minimum atomic E-state index is -0.216. The van der Waals surface area contributed by atoms with E-state index in [2.05, 4.69) is 32.1 Å². The van der Waals surface area contributed by atoms with Gasteiger partial charge in [-0.15, -0.1) is 0 Å². The van der Waals surface area contributed by atoms with Crippen LogP contribution in [0.5, 0.6) is 0 Å². The molecule has 166 valence electrons. The Kier molecular flexibility index (Phi) is 6.16. The molecule has 1 aromatic carbocycles. The molecule has 0 aliphatic carbocycles. The lowest BCUT2D eigenvalue weighted by Crippen LogP contribution is -2.50. The number of nitrogens with zero attached hydrogens (tertiary/aromatic N) is 6. The molecule has 1 fully saturated rings. The van der Waals surface area contributed by atoms with Crippen LogP contribution in [0.25, 0.3) is 0 Å². The van der Waals surface area contributed by atoms with E-state index in [0.717, 1.165) is 17.2 Å². The van der Waals surface area contributed by atoms with E-state index in [9.17, 15) is 9.59 Å². The van der Waals surface area contributed by atoms with Crippen molar-refractivity contribution in [1.29, 1.82) is 0 Å². The van der Waals surface area contributed by atoms with Gasteiger partial charge >= 0.3 is 0 Å². The molecule has 0 radical (unpaired) electrons. The van der Waals surface area contributed by atoms with Crippen LogP contribution in [-0.4, -0.2) is 56.5 Å². The van der Waals surface area contributed by atoms with Crippen LogP contribution in [0.15, 0.2) is 47.5 Å². The highest BCUT2D eigenvalue weighted by Gasteiger charge is 2.23. The van der Waals surface area contributed by atoms with Crippen molar-refractivity contribution in [2.45, 2.75) is 27.3 Å². The minimum absolute atomic E-state index is 0.00231. The van der Waals surface area contributed by atoms with E-state index in [0.29, 0.717) is 37.8 Å². The first-order valence-corrected chi connectivity index (χ1v) is 10.6. The van der Waals surface area contributed by atoms with E-state index in [-0.39, 0.29) is 18.0 Å². The highest BCUT2D eigenvalue weighted by atomic mass is 16.2. The lowest BCUT2D eigenvalue weighted by Gasteiger charge is -2.35. The van der Waals surface area contributed by atoms with Crippen LogP contribution in [0.4, 0.5) is 17.5 Å². The maximum absolute atomic E-state index is 12.7. The first-order valence-electron chi connectivity index (χ1n) is 10.6. The molecule has 0 spiro atoms. The van der Waals surface area contributed by atoms with Gasteiger partial charge in [0.2, 0.25) is 11.9 Å². The van der Waals surface area contributed by atoms with Gasteiger partial charge in [-0.05, 0) is 32.9 Å². The number of carbonyl (C=O) groups is 1. The van der Waals surface area contributed by atoms with Crippen molar-refractivity contribution in [2.75, 3.05) is 36.4 Å². The van der Waals surface area contributed by atoms with Crippen LogP contribution in [0.2, 0.25) is 0 Å². The molecule has 4 rings (SSSR count). The van der Waals surface area contributed by atoms with Crippen molar-refractivity contribution in [1.82, 2.24) is 24.4 Å². The van der Waals surface area contributed by atoms with Crippen LogP contribution < -0.4 is 15.8 Å². The Bertz CT molecular complexity index is 1170. The average molecular weight is 434 g/mol. The molecule has 1 N–H and O–H groups in total. The minimum Gasteiger partial charge on any atom is -0.340 e. The lowest BCUT2D eigenvalue weighted by molar-refractivity contribution is -0.132. The van der Waals surface area contributed by atoms with Crippen LogP contribution in [0, 0.1) is 20.8 Å². The number of hydrogen-bond donors (Lipinski definition) is 1. The van der Waals surface area contributed by atoms with Crippen molar-refractivity contribution >= 4 is 23.4 Å². The Balaban J connectivity index is 1.39. The zero-order valence-electron chi connectivity index (χ0n) is 18.6. The second kappa shape index (κ2) is 9.17. The number of benzene rings is 1. The van der Waals surface area contributed by atoms with Gasteiger partial charge in [0.25, 0.3) is 5.56 Å². The maximum atomic E-state index is 12.7. The third-order valence-corrected chi connectivity index (χ3v) is 5.40. The second-order valence-corrected chi connectivity index (χ2v) is 8.05. The molecule has 2 aromatic heterocycles. The smallest absolute Gasteiger partial charge is 0.253 e. The summed E-state index contributed by atoms with van der Waals surface area (Å²) < 4.78 is 1.34. The van der Waals surface area contributed by atoms with Crippen LogP contribution in [-0.2, 0) is 11.3 Å². The van der Waals surface area contributed by atoms with Crippen molar-refractivity contribution in [3.8, 4) is 0 Å². The van der Waals surface area contributed by atoms with Crippen molar-refractivity contribution in [3.05, 3.63) is 70.0 Å². The molecule has 3 aromatic rings. The fourth-order valence-corrected chi connectivity index (χ4v) is 3.58. The van der Waals surface area contributed by atoms with Gasteiger partial charge < -0.3 is 15.1 Å². The summed E-state index contributed by atoms with van der Waals surface area (Å²) in [7, 11) is 0. The standard InChI is InChI=1S/C23H27N7O2/c1-16-4-6-19(7-5-16)26-20-12-18(3)25-23(27-20)29-10-8-28(9-11-29)22(32)14-30-15-24-17(2)13-21(30)31/h4-7,12-13,15H,8-11,14H2,1-3H3,(H,25,26,27). The Labute approximate surface area is 186 Å². The fourth-order valence-electron chi connectivity index (χ4n) is 3.58. The zero-order valence-corrected chi connectivity index (χ0v) is 18.6. The van der Waals surface area contributed by atoms with E-state index in [1.165, 1.54) is 22.5 Å². The van der Waals surface area contributed by atoms with Crippen molar-refractivity contribution in [3.63, 3.8) is 0 Å². The molecule has 1 aliphatic heterocycles. The molecule has 3 heterocycles. The molecular formula is C23H27N7O2. The molecule has 0 unspecified atom stereocenters. The van der Waals surface area contributed by atoms with Gasteiger partial charge in [0, 0.05) is 55.4 Å². The number of piperazine rings is 1. The van der Waals surface area contributed by atoms with Gasteiger partial charge in [0.15, 0.2) is 0 Å². The van der Waals surface area contributed by atoms with Gasteiger partial charge in [0.05, 0.1) is 6.33 Å². The molecule has 0 saturated carbocycles. The highest BCUT2D eigenvalue weighted by molar-refractivity contribution is 5.76. The van der Waals surface area contributed by atoms with E-state index in [1.54, 1.807) is 11.8 Å². The Morgan fingerprint density at radius 2 is 1.69 bits per heavy atom. The average Bonchev–Trinajstić information content (AvgIpc) is 2.77. The molecule has 9 nitrogen and oxygen atoms in total. The summed E-state index contributed by atoms with van der Waals surface area (Å²) in [5.41, 5.74) is 3.46. The zero-order chi connectivity index (χ0) is 22.7. The summed E-state index contributed by atoms with van der Waals surface area (Å²) >= 11 is 0. The second-order valence-electron chi connectivity index (χ2n) is 8.05. The highest BCUT2D eigenvalue weighted by Crippen LogP contribution is 2.20. The molecule has 1 saturated heterocycles. The summed E-state index contributed by atoms with van der Waals surface area (Å²) in [4.78, 5) is 41.9. The third-order valence-electron chi connectivity index (χ3n) is 5.40. The predicted octanol–water partition coefficient (Wildman–Crippen LogP) is 2.05. The van der Waals surface area contributed by atoms with E-state index in [1.807, 2.05) is 37.3 Å². The number of carbonyl (C=O) groups excluding carboxylic acids is 1. The van der Waals surface area contributed by atoms with Gasteiger partial charge in [-0.2, -0.15) is 4.98 Å². The van der Waals surface area contributed by atoms with Gasteiger partial charge in [-0.3, -0.25) is 14.2 Å². The third kappa shape index (κ3) is 5.11. The Morgan fingerprint density at radius 3 is 2.38 bits per heavy atom. The van der Waals surface area contributed by atoms with Gasteiger partial charge in [-0.25, -0.2) is 9.97 Å². The Hall–Kier alpha value is -3.75. The summed E-state index contributed by atoms with van der Waals surface area (Å²) in [5.74, 6) is 1.29. The summed E-state index contributed by atoms with van der Waals surface area (Å²) in [6.45, 7) is 8.09. The molecule has 0 atom stereocenters. The first-order chi connectivity index (χ1) is 15.4. The summed E-state index contributed by atoms with van der Waals surface area (Å²) in [5, 5.41) is 3.33. The van der Waals surface area contributed by atoms with Crippen LogP contribution in [0.1, 0.15) is 17.0 Å². The number of anilines is 3. The number of aryl methyl sites for hydroxylation is 3. The number of amides is 1. The normalized spacial score (nSPS) is 13.8. The van der Waals surface area contributed by atoms with E-state index in [4.69, 9.17) is 0 Å². The lowest BCUT2D eigenvalue weighted by atomic mass is 10.2. The fraction of sp³-hybridized carbons (Fsp3) is 0.348. The van der Waals surface area contributed by atoms with Gasteiger partial charge in [-0.1, -0.05) is 17.7 Å². The Morgan fingerprint density at radius 1 is 0.969 bits per heavy atom. The molecule has 1 aliphatic rings. The van der Waals surface area contributed by atoms with Crippen LogP contribution in [0.3, 0.4) is 0 Å². The SMILES string of the molecule is Cc1ccc(Nc2cc(C)nc(N3CCN(C(=O)Cn4cnc(C)cc4=O)CC3)n2)cc1. The molecular weight excluding hydrogens is 406 g/mol. The molecule has 1 amide bonds. The molecule has 0 bridgehead atoms. The van der Waals surface area contributed by atoms with E-state index < -0.39 is 0 Å². The quantitative estimate of drug-likeness (QED) is 0.658. The predicted molar refractivity (Wildman–Crippen MR) is 123 cm³/mol. The molecule has 9 heteroatoms. The first kappa shape index (κ1) is 21.5. The number of rotatable bonds is 5. The van der Waals surface area contributed by atoms with Crippen molar-refractivity contribution in [2.24, 2.45) is 0 Å². The van der Waals surface area contributed by atoms with E-state index >= 15 is 0 Å². The summed E-state index contributed by atoms with van der Waals surface area (Å²) in [6, 6.07) is 11.5. The molecule has 32 heavy (non-hydrogen) atoms. The maximum Gasteiger partial charge on any atom is 0.253 e. The number of nitrogens with one attached hydrogen (secondary N) is 1. The van der Waals surface area contributed by atoms with Crippen LogP contribution >= 0.6 is 0 Å². The summed E-state index contributed by atoms with van der Waals surface area (Å²) in [6.07, 6.45) is 1.43. The van der Waals surface area contributed by atoms with Gasteiger partial charge in [0.1, 0.15) is 12.4 Å². The number of hydrogen-bond acceptors (Lipinski definition) is 7. The monoisotopic (exact) mass is 433 g/mol. The number of aromatic nitrogens is 4. The topological polar surface area (TPSA) is 96.3 Å². The van der Waals surface area contributed by atoms with Crippen molar-refractivity contribution < 1.29 is 4.79 Å². The largest absolute Gasteiger partial charge is 0.340 e.